The van der Waals surface area contributed by atoms with Crippen LogP contribution in [0.4, 0.5) is 0 Å². The van der Waals surface area contributed by atoms with Gasteiger partial charge in [0.25, 0.3) is 0 Å². The molecule has 0 radical (unpaired) electrons. The Labute approximate surface area is 76.9 Å². The van der Waals surface area contributed by atoms with E-state index in [0.717, 1.165) is 5.69 Å². The second-order valence-corrected chi connectivity index (χ2v) is 2.99. The van der Waals surface area contributed by atoms with Crippen molar-refractivity contribution in [3.05, 3.63) is 18.0 Å². The van der Waals surface area contributed by atoms with E-state index in [0.29, 0.717) is 6.54 Å². The van der Waals surface area contributed by atoms with Gasteiger partial charge in [0.1, 0.15) is 0 Å². The molecular formula is C8H14N4O. The van der Waals surface area contributed by atoms with Crippen LogP contribution in [0, 0.1) is 0 Å². The predicted octanol–water partition coefficient (Wildman–Crippen LogP) is -0.617. The normalized spacial score (nSPS) is 12.5. The van der Waals surface area contributed by atoms with Crippen molar-refractivity contribution in [1.29, 1.82) is 0 Å². The molecule has 0 aromatic carbocycles. The SMILES string of the molecule is C[C@H](N)C(=O)NCc1ccn(C)n1. The molecule has 0 spiro atoms. The minimum absolute atomic E-state index is 0.161. The summed E-state index contributed by atoms with van der Waals surface area (Å²) in [4.78, 5) is 11.1. The number of hydrogen-bond acceptors (Lipinski definition) is 3. The van der Waals surface area contributed by atoms with Crippen LogP contribution in [0.5, 0.6) is 0 Å². The summed E-state index contributed by atoms with van der Waals surface area (Å²) in [6.07, 6.45) is 1.83. The van der Waals surface area contributed by atoms with Crippen LogP contribution in [0.2, 0.25) is 0 Å². The number of carbonyl (C=O) groups is 1. The van der Waals surface area contributed by atoms with E-state index in [1.54, 1.807) is 11.6 Å². The van der Waals surface area contributed by atoms with Crippen molar-refractivity contribution in [3.8, 4) is 0 Å². The Kier molecular flexibility index (Phi) is 3.02. The van der Waals surface area contributed by atoms with Crippen LogP contribution >= 0.6 is 0 Å². The third-order valence-corrected chi connectivity index (χ3v) is 1.63. The van der Waals surface area contributed by atoms with Crippen LogP contribution in [-0.4, -0.2) is 21.7 Å². The van der Waals surface area contributed by atoms with E-state index in [1.807, 2.05) is 19.3 Å². The zero-order valence-electron chi connectivity index (χ0n) is 7.82. The highest BCUT2D eigenvalue weighted by molar-refractivity contribution is 5.80. The molecule has 0 saturated heterocycles. The molecule has 72 valence electrons. The Bertz CT molecular complexity index is 292. The Hall–Kier alpha value is -1.36. The molecule has 0 fully saturated rings. The summed E-state index contributed by atoms with van der Waals surface area (Å²) in [6, 6.07) is 1.38. The second kappa shape index (κ2) is 4.04. The Morgan fingerprint density at radius 3 is 3.00 bits per heavy atom. The lowest BCUT2D eigenvalue weighted by atomic mass is 10.3. The highest BCUT2D eigenvalue weighted by atomic mass is 16.2. The maximum absolute atomic E-state index is 11.1. The van der Waals surface area contributed by atoms with E-state index < -0.39 is 6.04 Å². The lowest BCUT2D eigenvalue weighted by molar-refractivity contribution is -0.122. The molecule has 1 rings (SSSR count). The Morgan fingerprint density at radius 2 is 2.54 bits per heavy atom. The lowest BCUT2D eigenvalue weighted by Gasteiger charge is -2.05. The summed E-state index contributed by atoms with van der Waals surface area (Å²) in [5, 5.41) is 6.78. The largest absolute Gasteiger partial charge is 0.349 e. The van der Waals surface area contributed by atoms with E-state index in [9.17, 15) is 4.79 Å². The molecule has 1 atom stereocenters. The number of nitrogens with one attached hydrogen (secondary N) is 1. The van der Waals surface area contributed by atoms with Gasteiger partial charge in [-0.1, -0.05) is 0 Å². The quantitative estimate of drug-likeness (QED) is 0.654. The van der Waals surface area contributed by atoms with Gasteiger partial charge < -0.3 is 11.1 Å². The lowest BCUT2D eigenvalue weighted by Crippen LogP contribution is -2.37. The molecule has 5 nitrogen and oxygen atoms in total. The van der Waals surface area contributed by atoms with Gasteiger partial charge in [-0.15, -0.1) is 0 Å². The van der Waals surface area contributed by atoms with E-state index in [2.05, 4.69) is 10.4 Å². The fourth-order valence-electron chi connectivity index (χ4n) is 0.896. The maximum atomic E-state index is 11.1. The van der Waals surface area contributed by atoms with E-state index in [-0.39, 0.29) is 5.91 Å². The number of nitrogens with two attached hydrogens (primary N) is 1. The molecule has 0 saturated carbocycles. The van der Waals surface area contributed by atoms with Gasteiger partial charge in [-0.05, 0) is 13.0 Å². The van der Waals surface area contributed by atoms with E-state index in [1.165, 1.54) is 0 Å². The first-order valence-electron chi connectivity index (χ1n) is 4.11. The maximum Gasteiger partial charge on any atom is 0.236 e. The average molecular weight is 182 g/mol. The second-order valence-electron chi connectivity index (χ2n) is 2.99. The van der Waals surface area contributed by atoms with Gasteiger partial charge in [-0.25, -0.2) is 0 Å². The molecule has 0 aliphatic carbocycles. The average Bonchev–Trinajstić information content (AvgIpc) is 2.47. The number of rotatable bonds is 3. The number of amides is 1. The molecule has 5 heteroatoms. The molecule has 0 bridgehead atoms. The molecule has 0 aliphatic rings. The van der Waals surface area contributed by atoms with Crippen molar-refractivity contribution in [2.45, 2.75) is 19.5 Å². The van der Waals surface area contributed by atoms with Crippen LogP contribution < -0.4 is 11.1 Å². The van der Waals surface area contributed by atoms with Crippen LogP contribution in [0.3, 0.4) is 0 Å². The van der Waals surface area contributed by atoms with E-state index >= 15 is 0 Å². The van der Waals surface area contributed by atoms with E-state index in [4.69, 9.17) is 5.73 Å². The number of aromatic nitrogens is 2. The third-order valence-electron chi connectivity index (χ3n) is 1.63. The standard InChI is InChI=1S/C8H14N4O/c1-6(9)8(13)10-5-7-3-4-12(2)11-7/h3-4,6H,5,9H2,1-2H3,(H,10,13)/t6-/m0/s1. The van der Waals surface area contributed by atoms with Crippen molar-refractivity contribution in [2.75, 3.05) is 0 Å². The van der Waals surface area contributed by atoms with Crippen molar-refractivity contribution in [2.24, 2.45) is 12.8 Å². The first-order valence-corrected chi connectivity index (χ1v) is 4.11. The third kappa shape index (κ3) is 2.87. The summed E-state index contributed by atoms with van der Waals surface area (Å²) in [5.41, 5.74) is 6.20. The highest BCUT2D eigenvalue weighted by Gasteiger charge is 2.06. The van der Waals surface area contributed by atoms with Gasteiger partial charge in [-0.2, -0.15) is 5.10 Å². The van der Waals surface area contributed by atoms with Crippen molar-refractivity contribution in [1.82, 2.24) is 15.1 Å². The van der Waals surface area contributed by atoms with Gasteiger partial charge >= 0.3 is 0 Å². The fourth-order valence-corrected chi connectivity index (χ4v) is 0.896. The first kappa shape index (κ1) is 9.73. The van der Waals surface area contributed by atoms with Crippen LogP contribution in [0.15, 0.2) is 12.3 Å². The Balaban J connectivity index is 2.39. The molecule has 13 heavy (non-hydrogen) atoms. The molecular weight excluding hydrogens is 168 g/mol. The highest BCUT2D eigenvalue weighted by Crippen LogP contribution is 1.92. The molecule has 0 aliphatic heterocycles. The monoisotopic (exact) mass is 182 g/mol. The number of nitrogens with zero attached hydrogens (tertiary/aromatic N) is 2. The summed E-state index contributed by atoms with van der Waals surface area (Å²) >= 11 is 0. The topological polar surface area (TPSA) is 72.9 Å². The fraction of sp³-hybridized carbons (Fsp3) is 0.500. The van der Waals surface area contributed by atoms with Gasteiger partial charge in [-0.3, -0.25) is 9.48 Å². The molecule has 1 amide bonds. The van der Waals surface area contributed by atoms with Gasteiger partial charge in [0.2, 0.25) is 5.91 Å². The molecule has 3 N–H and O–H groups in total. The summed E-state index contributed by atoms with van der Waals surface area (Å²) in [6.45, 7) is 2.08. The van der Waals surface area contributed by atoms with Crippen molar-refractivity contribution in [3.63, 3.8) is 0 Å². The van der Waals surface area contributed by atoms with Crippen molar-refractivity contribution < 1.29 is 4.79 Å². The summed E-state index contributed by atoms with van der Waals surface area (Å²) in [7, 11) is 1.83. The molecule has 0 unspecified atom stereocenters. The van der Waals surface area contributed by atoms with Crippen molar-refractivity contribution >= 4 is 5.91 Å². The zero-order chi connectivity index (χ0) is 9.84. The number of hydrogen-bond donors (Lipinski definition) is 2. The first-order chi connectivity index (χ1) is 6.09. The zero-order valence-corrected chi connectivity index (χ0v) is 7.82. The minimum Gasteiger partial charge on any atom is -0.349 e. The molecule has 1 heterocycles. The van der Waals surface area contributed by atoms with Gasteiger partial charge in [0.05, 0.1) is 18.3 Å². The molecule has 1 aromatic rings. The number of carbonyl (C=O) groups excluding carboxylic acids is 1. The summed E-state index contributed by atoms with van der Waals surface area (Å²) < 4.78 is 1.69. The Morgan fingerprint density at radius 1 is 1.85 bits per heavy atom. The summed E-state index contributed by atoms with van der Waals surface area (Å²) in [5.74, 6) is -0.161. The van der Waals surface area contributed by atoms with Crippen LogP contribution in [0.1, 0.15) is 12.6 Å². The van der Waals surface area contributed by atoms with Gasteiger partial charge in [0.15, 0.2) is 0 Å². The smallest absolute Gasteiger partial charge is 0.236 e. The molecule has 1 aromatic heterocycles. The predicted molar refractivity (Wildman–Crippen MR) is 48.7 cm³/mol. The van der Waals surface area contributed by atoms with Gasteiger partial charge in [0, 0.05) is 13.2 Å². The number of aryl methyl sites for hydroxylation is 1. The van der Waals surface area contributed by atoms with Crippen LogP contribution in [-0.2, 0) is 18.4 Å². The minimum atomic E-state index is -0.469. The van der Waals surface area contributed by atoms with Crippen LogP contribution in [0.25, 0.3) is 0 Å².